The van der Waals surface area contributed by atoms with Crippen LogP contribution in [0.4, 0.5) is 0 Å². The zero-order chi connectivity index (χ0) is 15.4. The fraction of sp³-hybridized carbons (Fsp3) is 0.0909. The summed E-state index contributed by atoms with van der Waals surface area (Å²) in [6.45, 7) is 2.20. The van der Waals surface area contributed by atoms with Crippen LogP contribution >= 0.6 is 0 Å². The summed E-state index contributed by atoms with van der Waals surface area (Å²) in [7, 11) is 0. The van der Waals surface area contributed by atoms with Crippen LogP contribution in [-0.4, -0.2) is 0 Å². The molecule has 110 valence electrons. The monoisotopic (exact) mass is 296 g/mol. The van der Waals surface area contributed by atoms with Gasteiger partial charge < -0.3 is 4.42 Å². The Kier molecular flexibility index (Phi) is 2.54. The molecule has 0 aliphatic carbocycles. The molecule has 0 aliphatic rings. The van der Waals surface area contributed by atoms with E-state index in [0.717, 1.165) is 17.6 Å². The predicted octanol–water partition coefficient (Wildman–Crippen LogP) is 6.45. The largest absolute Gasteiger partial charge is 0.456 e. The van der Waals surface area contributed by atoms with Crippen molar-refractivity contribution in [2.45, 2.75) is 13.3 Å². The number of aryl methyl sites for hydroxylation is 1. The van der Waals surface area contributed by atoms with Gasteiger partial charge in [0, 0.05) is 10.8 Å². The summed E-state index contributed by atoms with van der Waals surface area (Å²) in [4.78, 5) is 0. The smallest absolute Gasteiger partial charge is 0.136 e. The molecule has 0 atom stereocenters. The van der Waals surface area contributed by atoms with Gasteiger partial charge in [-0.3, -0.25) is 0 Å². The first-order valence-corrected chi connectivity index (χ1v) is 8.11. The van der Waals surface area contributed by atoms with Crippen molar-refractivity contribution < 1.29 is 4.42 Å². The SMILES string of the molecule is CCc1ccc2c(ccc3c2ccc2oc4ccccc4c23)c1. The summed E-state index contributed by atoms with van der Waals surface area (Å²) in [5.41, 5.74) is 3.30. The van der Waals surface area contributed by atoms with E-state index in [1.54, 1.807) is 0 Å². The fourth-order valence-electron chi connectivity index (χ4n) is 3.64. The van der Waals surface area contributed by atoms with Gasteiger partial charge in [-0.2, -0.15) is 0 Å². The molecule has 0 spiro atoms. The third kappa shape index (κ3) is 1.74. The molecule has 0 unspecified atom stereocenters. The second-order valence-electron chi connectivity index (χ2n) is 6.11. The van der Waals surface area contributed by atoms with Crippen LogP contribution in [0, 0.1) is 0 Å². The van der Waals surface area contributed by atoms with Crippen molar-refractivity contribution in [2.75, 3.05) is 0 Å². The van der Waals surface area contributed by atoms with Crippen LogP contribution in [-0.2, 0) is 6.42 Å². The maximum Gasteiger partial charge on any atom is 0.136 e. The van der Waals surface area contributed by atoms with Gasteiger partial charge in [0.1, 0.15) is 11.2 Å². The Hall–Kier alpha value is -2.80. The summed E-state index contributed by atoms with van der Waals surface area (Å²) in [6.07, 6.45) is 1.07. The van der Waals surface area contributed by atoms with Gasteiger partial charge in [-0.25, -0.2) is 0 Å². The average Bonchev–Trinajstić information content (AvgIpc) is 2.99. The van der Waals surface area contributed by atoms with Crippen molar-refractivity contribution >= 4 is 43.5 Å². The highest BCUT2D eigenvalue weighted by molar-refractivity contribution is 6.23. The first-order valence-electron chi connectivity index (χ1n) is 8.11. The highest BCUT2D eigenvalue weighted by Gasteiger charge is 2.11. The number of para-hydroxylation sites is 1. The van der Waals surface area contributed by atoms with Crippen LogP contribution in [0.2, 0.25) is 0 Å². The molecular formula is C22H16O. The van der Waals surface area contributed by atoms with Crippen LogP contribution in [0.3, 0.4) is 0 Å². The van der Waals surface area contributed by atoms with E-state index in [9.17, 15) is 0 Å². The molecule has 0 aliphatic heterocycles. The summed E-state index contributed by atoms with van der Waals surface area (Å²) in [6, 6.07) is 23.8. The fourth-order valence-corrected chi connectivity index (χ4v) is 3.64. The van der Waals surface area contributed by atoms with Gasteiger partial charge in [0.25, 0.3) is 0 Å². The maximum absolute atomic E-state index is 6.01. The molecule has 4 aromatic carbocycles. The quantitative estimate of drug-likeness (QED) is 0.324. The van der Waals surface area contributed by atoms with Crippen molar-refractivity contribution in [3.8, 4) is 0 Å². The first kappa shape index (κ1) is 12.7. The third-order valence-corrected chi connectivity index (χ3v) is 4.83. The minimum atomic E-state index is 0.955. The van der Waals surface area contributed by atoms with Crippen molar-refractivity contribution in [2.24, 2.45) is 0 Å². The van der Waals surface area contributed by atoms with Crippen molar-refractivity contribution in [1.29, 1.82) is 0 Å². The van der Waals surface area contributed by atoms with E-state index in [2.05, 4.69) is 61.5 Å². The van der Waals surface area contributed by atoms with Gasteiger partial charge in [0.2, 0.25) is 0 Å². The number of benzene rings is 4. The molecule has 23 heavy (non-hydrogen) atoms. The van der Waals surface area contributed by atoms with E-state index in [-0.39, 0.29) is 0 Å². The van der Waals surface area contributed by atoms with E-state index in [4.69, 9.17) is 4.42 Å². The molecule has 5 rings (SSSR count). The molecule has 0 amide bonds. The van der Waals surface area contributed by atoms with Gasteiger partial charge in [-0.15, -0.1) is 0 Å². The van der Waals surface area contributed by atoms with Gasteiger partial charge in [-0.05, 0) is 45.7 Å². The first-order chi connectivity index (χ1) is 11.3. The second-order valence-corrected chi connectivity index (χ2v) is 6.11. The number of rotatable bonds is 1. The van der Waals surface area contributed by atoms with Crippen molar-refractivity contribution in [1.82, 2.24) is 0 Å². The Bertz CT molecular complexity index is 1190. The van der Waals surface area contributed by atoms with E-state index in [1.807, 2.05) is 12.1 Å². The molecule has 1 nitrogen and oxygen atoms in total. The minimum absolute atomic E-state index is 0.955. The van der Waals surface area contributed by atoms with Crippen molar-refractivity contribution in [3.63, 3.8) is 0 Å². The van der Waals surface area contributed by atoms with E-state index in [0.29, 0.717) is 0 Å². The number of hydrogen-bond donors (Lipinski definition) is 0. The Morgan fingerprint density at radius 2 is 1.52 bits per heavy atom. The number of hydrogen-bond acceptors (Lipinski definition) is 1. The van der Waals surface area contributed by atoms with E-state index < -0.39 is 0 Å². The molecule has 0 bridgehead atoms. The Labute approximate surface area is 134 Å². The Morgan fingerprint density at radius 3 is 2.43 bits per heavy atom. The second kappa shape index (κ2) is 4.60. The van der Waals surface area contributed by atoms with E-state index in [1.165, 1.54) is 37.9 Å². The molecule has 0 N–H and O–H groups in total. The number of furan rings is 1. The summed E-state index contributed by atoms with van der Waals surface area (Å²) >= 11 is 0. The number of fused-ring (bicyclic) bond motifs is 7. The molecule has 1 heterocycles. The molecule has 0 saturated carbocycles. The molecule has 5 aromatic rings. The Balaban J connectivity index is 1.99. The normalized spacial score (nSPS) is 11.9. The lowest BCUT2D eigenvalue weighted by molar-refractivity contribution is 0.669. The lowest BCUT2D eigenvalue weighted by Gasteiger charge is -2.07. The van der Waals surface area contributed by atoms with Gasteiger partial charge in [-0.1, -0.05) is 61.5 Å². The molecule has 0 radical (unpaired) electrons. The van der Waals surface area contributed by atoms with E-state index >= 15 is 0 Å². The summed E-state index contributed by atoms with van der Waals surface area (Å²) < 4.78 is 6.01. The van der Waals surface area contributed by atoms with Crippen LogP contribution in [0.1, 0.15) is 12.5 Å². The van der Waals surface area contributed by atoms with Crippen molar-refractivity contribution in [3.05, 3.63) is 72.3 Å². The molecule has 0 saturated heterocycles. The van der Waals surface area contributed by atoms with Crippen LogP contribution in [0.15, 0.2) is 71.1 Å². The molecule has 1 heteroatoms. The zero-order valence-electron chi connectivity index (χ0n) is 13.0. The highest BCUT2D eigenvalue weighted by Crippen LogP contribution is 2.37. The predicted molar refractivity (Wildman–Crippen MR) is 98.1 cm³/mol. The van der Waals surface area contributed by atoms with Crippen LogP contribution < -0.4 is 0 Å². The zero-order valence-corrected chi connectivity index (χ0v) is 13.0. The average molecular weight is 296 g/mol. The lowest BCUT2D eigenvalue weighted by Crippen LogP contribution is -1.83. The van der Waals surface area contributed by atoms with Crippen LogP contribution in [0.5, 0.6) is 0 Å². The summed E-state index contributed by atoms with van der Waals surface area (Å²) in [5, 5.41) is 7.60. The standard InChI is InChI=1S/C22H16O/c1-2-14-7-9-16-15(13-14)8-10-18-17(16)11-12-21-22(18)19-5-3-4-6-20(19)23-21/h3-13H,2H2,1H3. The minimum Gasteiger partial charge on any atom is -0.456 e. The maximum atomic E-state index is 6.01. The molecular weight excluding hydrogens is 280 g/mol. The molecule has 0 fully saturated rings. The third-order valence-electron chi connectivity index (χ3n) is 4.83. The Morgan fingerprint density at radius 1 is 0.696 bits per heavy atom. The lowest BCUT2D eigenvalue weighted by atomic mass is 9.97. The van der Waals surface area contributed by atoms with Crippen LogP contribution in [0.25, 0.3) is 43.5 Å². The van der Waals surface area contributed by atoms with Gasteiger partial charge in [0.05, 0.1) is 0 Å². The summed E-state index contributed by atoms with van der Waals surface area (Å²) in [5.74, 6) is 0. The molecule has 1 aromatic heterocycles. The topological polar surface area (TPSA) is 13.1 Å². The van der Waals surface area contributed by atoms with Gasteiger partial charge in [0.15, 0.2) is 0 Å². The van der Waals surface area contributed by atoms with Gasteiger partial charge >= 0.3 is 0 Å². The highest BCUT2D eigenvalue weighted by atomic mass is 16.3.